The van der Waals surface area contributed by atoms with Crippen molar-refractivity contribution in [2.24, 2.45) is 11.1 Å². The number of carboxylic acid groups (broad SMARTS) is 1. The molecule has 102 valence electrons. The smallest absolute Gasteiger partial charge is 0.310 e. The molecule has 0 heterocycles. The van der Waals surface area contributed by atoms with Gasteiger partial charge in [-0.25, -0.2) is 0 Å². The summed E-state index contributed by atoms with van der Waals surface area (Å²) in [5.41, 5.74) is 5.16. The van der Waals surface area contributed by atoms with E-state index in [4.69, 9.17) is 5.73 Å². The third-order valence-corrected chi connectivity index (χ3v) is 4.08. The molecule has 0 unspecified atom stereocenters. The Balaban J connectivity index is 2.48. The van der Waals surface area contributed by atoms with E-state index in [-0.39, 0.29) is 12.2 Å². The fraction of sp³-hybridized carbons (Fsp3) is 0.462. The van der Waals surface area contributed by atoms with Crippen molar-refractivity contribution in [3.05, 3.63) is 39.9 Å². The van der Waals surface area contributed by atoms with E-state index in [1.54, 1.807) is 18.2 Å². The molecule has 0 amide bonds. The SMILES string of the molecule is NC[C@@H](c1ccccc1[N+](=O)[O-])C1(C(=O)O)CCC1. The van der Waals surface area contributed by atoms with Crippen LogP contribution in [0.4, 0.5) is 5.69 Å². The molecule has 0 aromatic heterocycles. The molecule has 2 rings (SSSR count). The largest absolute Gasteiger partial charge is 0.481 e. The number of hydrogen-bond donors (Lipinski definition) is 2. The van der Waals surface area contributed by atoms with Crippen LogP contribution in [0.1, 0.15) is 30.7 Å². The lowest BCUT2D eigenvalue weighted by Gasteiger charge is -2.43. The van der Waals surface area contributed by atoms with Crippen LogP contribution in [-0.4, -0.2) is 22.5 Å². The van der Waals surface area contributed by atoms with Gasteiger partial charge in [-0.3, -0.25) is 14.9 Å². The summed E-state index contributed by atoms with van der Waals surface area (Å²) >= 11 is 0. The van der Waals surface area contributed by atoms with E-state index in [0.717, 1.165) is 6.42 Å². The minimum absolute atomic E-state index is 0.0505. The fourth-order valence-corrected chi connectivity index (χ4v) is 2.87. The number of carbonyl (C=O) groups is 1. The van der Waals surface area contributed by atoms with Gasteiger partial charge in [0.05, 0.1) is 10.3 Å². The highest BCUT2D eigenvalue weighted by Gasteiger charge is 2.51. The number of benzene rings is 1. The lowest BCUT2D eigenvalue weighted by atomic mass is 9.59. The average molecular weight is 264 g/mol. The van der Waals surface area contributed by atoms with E-state index in [1.807, 2.05) is 0 Å². The van der Waals surface area contributed by atoms with Gasteiger partial charge in [0.1, 0.15) is 0 Å². The maximum absolute atomic E-state index is 11.5. The fourth-order valence-electron chi connectivity index (χ4n) is 2.87. The van der Waals surface area contributed by atoms with Crippen LogP contribution < -0.4 is 5.73 Å². The van der Waals surface area contributed by atoms with Crippen LogP contribution in [0.25, 0.3) is 0 Å². The van der Waals surface area contributed by atoms with Crippen molar-refractivity contribution in [1.29, 1.82) is 0 Å². The van der Waals surface area contributed by atoms with Gasteiger partial charge in [0.25, 0.3) is 5.69 Å². The Kier molecular flexibility index (Phi) is 3.53. The summed E-state index contributed by atoms with van der Waals surface area (Å²) < 4.78 is 0. The van der Waals surface area contributed by atoms with Gasteiger partial charge in [-0.05, 0) is 12.8 Å². The molecule has 0 bridgehead atoms. The molecule has 0 aliphatic heterocycles. The van der Waals surface area contributed by atoms with Crippen LogP contribution in [0, 0.1) is 15.5 Å². The van der Waals surface area contributed by atoms with Crippen molar-refractivity contribution in [2.75, 3.05) is 6.54 Å². The molecular weight excluding hydrogens is 248 g/mol. The van der Waals surface area contributed by atoms with Crippen LogP contribution in [0.2, 0.25) is 0 Å². The summed E-state index contributed by atoms with van der Waals surface area (Å²) in [6, 6.07) is 6.26. The Bertz CT molecular complexity index is 511. The van der Waals surface area contributed by atoms with E-state index in [1.165, 1.54) is 6.07 Å². The van der Waals surface area contributed by atoms with E-state index in [0.29, 0.717) is 18.4 Å². The molecule has 0 spiro atoms. The first-order valence-corrected chi connectivity index (χ1v) is 6.19. The van der Waals surface area contributed by atoms with Gasteiger partial charge in [0, 0.05) is 24.1 Å². The number of aliphatic carboxylic acids is 1. The monoisotopic (exact) mass is 264 g/mol. The normalized spacial score (nSPS) is 18.4. The highest BCUT2D eigenvalue weighted by Crippen LogP contribution is 2.52. The molecule has 1 aromatic carbocycles. The molecule has 1 saturated carbocycles. The molecule has 1 aliphatic rings. The number of nitrogens with two attached hydrogens (primary N) is 1. The molecule has 1 aromatic rings. The van der Waals surface area contributed by atoms with Crippen LogP contribution >= 0.6 is 0 Å². The molecule has 1 aliphatic carbocycles. The molecular formula is C13H16N2O4. The Morgan fingerprint density at radius 3 is 2.53 bits per heavy atom. The minimum Gasteiger partial charge on any atom is -0.481 e. The maximum Gasteiger partial charge on any atom is 0.310 e. The summed E-state index contributed by atoms with van der Waals surface area (Å²) in [6.45, 7) is 0.0944. The minimum atomic E-state index is -0.944. The number of para-hydroxylation sites is 1. The number of hydrogen-bond acceptors (Lipinski definition) is 4. The van der Waals surface area contributed by atoms with Gasteiger partial charge in [0.2, 0.25) is 0 Å². The molecule has 6 nitrogen and oxygen atoms in total. The van der Waals surface area contributed by atoms with Crippen molar-refractivity contribution >= 4 is 11.7 Å². The van der Waals surface area contributed by atoms with Crippen molar-refractivity contribution < 1.29 is 14.8 Å². The third kappa shape index (κ3) is 2.08. The summed E-state index contributed by atoms with van der Waals surface area (Å²) in [5, 5.41) is 20.5. The second-order valence-corrected chi connectivity index (χ2v) is 4.92. The van der Waals surface area contributed by atoms with E-state index in [9.17, 15) is 20.0 Å². The summed E-state index contributed by atoms with van der Waals surface area (Å²) in [4.78, 5) is 22.1. The molecule has 19 heavy (non-hydrogen) atoms. The van der Waals surface area contributed by atoms with Crippen LogP contribution in [0.15, 0.2) is 24.3 Å². The van der Waals surface area contributed by atoms with Gasteiger partial charge < -0.3 is 10.8 Å². The number of rotatable bonds is 5. The average Bonchev–Trinajstić information content (AvgIpc) is 2.32. The van der Waals surface area contributed by atoms with Gasteiger partial charge in [-0.15, -0.1) is 0 Å². The first-order chi connectivity index (χ1) is 9.03. The second-order valence-electron chi connectivity index (χ2n) is 4.92. The van der Waals surface area contributed by atoms with E-state index >= 15 is 0 Å². The van der Waals surface area contributed by atoms with E-state index < -0.39 is 22.2 Å². The molecule has 1 atom stereocenters. The number of nitro groups is 1. The number of carboxylic acids is 1. The lowest BCUT2D eigenvalue weighted by molar-refractivity contribution is -0.385. The molecule has 0 saturated heterocycles. The number of nitrogens with zero attached hydrogens (tertiary/aromatic N) is 1. The van der Waals surface area contributed by atoms with Crippen LogP contribution in [0.3, 0.4) is 0 Å². The molecule has 0 radical (unpaired) electrons. The zero-order valence-corrected chi connectivity index (χ0v) is 10.4. The van der Waals surface area contributed by atoms with Crippen molar-refractivity contribution in [2.45, 2.75) is 25.2 Å². The highest BCUT2D eigenvalue weighted by molar-refractivity contribution is 5.77. The predicted octanol–water partition coefficient (Wildman–Crippen LogP) is 1.89. The zero-order chi connectivity index (χ0) is 14.0. The van der Waals surface area contributed by atoms with Gasteiger partial charge in [0.15, 0.2) is 0 Å². The standard InChI is InChI=1S/C13H16N2O4/c14-8-10(13(12(16)17)6-3-7-13)9-4-1-2-5-11(9)15(18)19/h1-2,4-5,10H,3,6-8,14H2,(H,16,17)/t10-/m0/s1. The molecule has 6 heteroatoms. The first kappa shape index (κ1) is 13.5. The van der Waals surface area contributed by atoms with Crippen LogP contribution in [-0.2, 0) is 4.79 Å². The Morgan fingerprint density at radius 2 is 2.11 bits per heavy atom. The first-order valence-electron chi connectivity index (χ1n) is 6.19. The molecule has 3 N–H and O–H groups in total. The zero-order valence-electron chi connectivity index (χ0n) is 10.4. The lowest BCUT2D eigenvalue weighted by Crippen LogP contribution is -2.46. The number of nitro benzene ring substituents is 1. The Labute approximate surface area is 110 Å². The predicted molar refractivity (Wildman–Crippen MR) is 68.8 cm³/mol. The Morgan fingerprint density at radius 1 is 1.47 bits per heavy atom. The van der Waals surface area contributed by atoms with Crippen molar-refractivity contribution in [3.63, 3.8) is 0 Å². The topological polar surface area (TPSA) is 106 Å². The third-order valence-electron chi connectivity index (χ3n) is 4.08. The maximum atomic E-state index is 11.5. The highest BCUT2D eigenvalue weighted by atomic mass is 16.6. The van der Waals surface area contributed by atoms with Crippen molar-refractivity contribution in [3.8, 4) is 0 Å². The quantitative estimate of drug-likeness (QED) is 0.623. The van der Waals surface area contributed by atoms with E-state index in [2.05, 4.69) is 0 Å². The summed E-state index contributed by atoms with van der Waals surface area (Å²) in [7, 11) is 0. The summed E-state index contributed by atoms with van der Waals surface area (Å²) in [5.74, 6) is -1.42. The van der Waals surface area contributed by atoms with Gasteiger partial charge in [-0.2, -0.15) is 0 Å². The second kappa shape index (κ2) is 4.97. The van der Waals surface area contributed by atoms with Gasteiger partial charge >= 0.3 is 5.97 Å². The summed E-state index contributed by atoms with van der Waals surface area (Å²) in [6.07, 6.45) is 1.87. The van der Waals surface area contributed by atoms with Gasteiger partial charge in [-0.1, -0.05) is 24.6 Å². The van der Waals surface area contributed by atoms with Crippen LogP contribution in [0.5, 0.6) is 0 Å². The van der Waals surface area contributed by atoms with Crippen molar-refractivity contribution in [1.82, 2.24) is 0 Å². The molecule has 1 fully saturated rings. The Hall–Kier alpha value is -1.95.